The van der Waals surface area contributed by atoms with Crippen LogP contribution in [0.5, 0.6) is 0 Å². The van der Waals surface area contributed by atoms with Crippen LogP contribution in [0, 0.1) is 0 Å². The van der Waals surface area contributed by atoms with Gasteiger partial charge < -0.3 is 15.3 Å². The molecule has 0 aromatic heterocycles. The Morgan fingerprint density at radius 2 is 1.89 bits per heavy atom. The summed E-state index contributed by atoms with van der Waals surface area (Å²) in [4.78, 5) is 0. The molecule has 0 radical (unpaired) electrons. The van der Waals surface area contributed by atoms with Gasteiger partial charge in [0.1, 0.15) is 12.2 Å². The second-order valence-corrected chi connectivity index (χ2v) is 2.21. The lowest BCUT2D eigenvalue weighted by molar-refractivity contribution is -0.0453. The van der Waals surface area contributed by atoms with Crippen LogP contribution in [0.2, 0.25) is 0 Å². The Balaban J connectivity index is 2.58. The number of rotatable bonds is 0. The SMILES string of the molecule is OC1C=CCC(O)C1O. The second-order valence-electron chi connectivity index (χ2n) is 2.21. The summed E-state index contributed by atoms with van der Waals surface area (Å²) in [5.74, 6) is 0. The molecule has 1 aliphatic carbocycles. The van der Waals surface area contributed by atoms with E-state index in [4.69, 9.17) is 15.3 Å². The summed E-state index contributed by atoms with van der Waals surface area (Å²) in [6.45, 7) is 0. The highest BCUT2D eigenvalue weighted by Gasteiger charge is 2.24. The predicted octanol–water partition coefficient (Wildman–Crippen LogP) is -0.971. The highest BCUT2D eigenvalue weighted by atomic mass is 16.4. The zero-order chi connectivity index (χ0) is 6.85. The molecule has 0 fully saturated rings. The molecule has 0 spiro atoms. The molecule has 0 aromatic carbocycles. The van der Waals surface area contributed by atoms with Crippen LogP contribution in [-0.2, 0) is 0 Å². The van der Waals surface area contributed by atoms with E-state index >= 15 is 0 Å². The summed E-state index contributed by atoms with van der Waals surface area (Å²) in [6.07, 6.45) is 0.867. The van der Waals surface area contributed by atoms with E-state index in [9.17, 15) is 0 Å². The van der Waals surface area contributed by atoms with E-state index in [0.29, 0.717) is 6.42 Å². The highest BCUT2D eigenvalue weighted by Crippen LogP contribution is 2.11. The van der Waals surface area contributed by atoms with Crippen molar-refractivity contribution in [3.05, 3.63) is 12.2 Å². The third-order valence-corrected chi connectivity index (χ3v) is 1.45. The molecule has 0 amide bonds. The predicted molar refractivity (Wildman–Crippen MR) is 31.8 cm³/mol. The van der Waals surface area contributed by atoms with Gasteiger partial charge in [0, 0.05) is 0 Å². The Morgan fingerprint density at radius 3 is 2.33 bits per heavy atom. The quantitative estimate of drug-likeness (QED) is 0.370. The minimum atomic E-state index is -1.00. The van der Waals surface area contributed by atoms with Gasteiger partial charge >= 0.3 is 0 Å². The molecule has 0 saturated carbocycles. The first kappa shape index (κ1) is 6.74. The smallest absolute Gasteiger partial charge is 0.110 e. The number of aliphatic hydroxyl groups is 3. The van der Waals surface area contributed by atoms with Crippen molar-refractivity contribution in [1.82, 2.24) is 0 Å². The van der Waals surface area contributed by atoms with Crippen LogP contribution in [0.4, 0.5) is 0 Å². The maximum absolute atomic E-state index is 8.89. The molecule has 0 aromatic rings. The molecule has 3 atom stereocenters. The first-order chi connectivity index (χ1) is 4.22. The molecule has 3 heteroatoms. The van der Waals surface area contributed by atoms with Crippen molar-refractivity contribution in [2.24, 2.45) is 0 Å². The average molecular weight is 130 g/mol. The van der Waals surface area contributed by atoms with Crippen molar-refractivity contribution >= 4 is 0 Å². The van der Waals surface area contributed by atoms with Gasteiger partial charge in [-0.1, -0.05) is 12.2 Å². The third-order valence-electron chi connectivity index (χ3n) is 1.45. The molecule has 3 N–H and O–H groups in total. The second kappa shape index (κ2) is 2.47. The fraction of sp³-hybridized carbons (Fsp3) is 0.667. The summed E-state index contributed by atoms with van der Waals surface area (Å²) < 4.78 is 0. The van der Waals surface area contributed by atoms with Crippen LogP contribution in [0.3, 0.4) is 0 Å². The van der Waals surface area contributed by atoms with E-state index < -0.39 is 18.3 Å². The molecular formula is C6H10O3. The molecule has 0 bridgehead atoms. The highest BCUT2D eigenvalue weighted by molar-refractivity contribution is 5.01. The molecule has 0 aliphatic heterocycles. The van der Waals surface area contributed by atoms with Gasteiger partial charge in [0.05, 0.1) is 6.10 Å². The fourth-order valence-electron chi connectivity index (χ4n) is 0.838. The van der Waals surface area contributed by atoms with E-state index in [1.54, 1.807) is 6.08 Å². The van der Waals surface area contributed by atoms with Crippen molar-refractivity contribution in [1.29, 1.82) is 0 Å². The Morgan fingerprint density at radius 1 is 1.22 bits per heavy atom. The van der Waals surface area contributed by atoms with Gasteiger partial charge in [-0.25, -0.2) is 0 Å². The summed E-state index contributed by atoms with van der Waals surface area (Å²) >= 11 is 0. The van der Waals surface area contributed by atoms with Gasteiger partial charge in [0.15, 0.2) is 0 Å². The summed E-state index contributed by atoms with van der Waals surface area (Å²) in [5.41, 5.74) is 0. The molecule has 1 rings (SSSR count). The first-order valence-electron chi connectivity index (χ1n) is 2.92. The minimum absolute atomic E-state index is 0.429. The van der Waals surface area contributed by atoms with Crippen LogP contribution in [0.15, 0.2) is 12.2 Å². The monoisotopic (exact) mass is 130 g/mol. The molecule has 52 valence electrons. The van der Waals surface area contributed by atoms with Crippen molar-refractivity contribution in [2.75, 3.05) is 0 Å². The van der Waals surface area contributed by atoms with Crippen LogP contribution < -0.4 is 0 Å². The van der Waals surface area contributed by atoms with Crippen LogP contribution in [-0.4, -0.2) is 33.6 Å². The molecule has 3 nitrogen and oxygen atoms in total. The van der Waals surface area contributed by atoms with Crippen LogP contribution in [0.1, 0.15) is 6.42 Å². The lowest BCUT2D eigenvalue weighted by Crippen LogP contribution is -2.38. The van der Waals surface area contributed by atoms with Gasteiger partial charge in [0.25, 0.3) is 0 Å². The van der Waals surface area contributed by atoms with Gasteiger partial charge in [-0.05, 0) is 6.42 Å². The van der Waals surface area contributed by atoms with Crippen molar-refractivity contribution < 1.29 is 15.3 Å². The maximum Gasteiger partial charge on any atom is 0.110 e. The molecule has 3 unspecified atom stereocenters. The van der Waals surface area contributed by atoms with Gasteiger partial charge in [-0.2, -0.15) is 0 Å². The van der Waals surface area contributed by atoms with E-state index in [1.165, 1.54) is 6.08 Å². The lowest BCUT2D eigenvalue weighted by Gasteiger charge is -2.23. The minimum Gasteiger partial charge on any atom is -0.390 e. The number of hydrogen-bond donors (Lipinski definition) is 3. The zero-order valence-electron chi connectivity index (χ0n) is 4.94. The van der Waals surface area contributed by atoms with Crippen LogP contribution in [0.25, 0.3) is 0 Å². The zero-order valence-corrected chi connectivity index (χ0v) is 4.94. The van der Waals surface area contributed by atoms with E-state index in [0.717, 1.165) is 0 Å². The first-order valence-corrected chi connectivity index (χ1v) is 2.92. The third kappa shape index (κ3) is 1.30. The Kier molecular flexibility index (Phi) is 1.85. The van der Waals surface area contributed by atoms with Gasteiger partial charge in [-0.3, -0.25) is 0 Å². The van der Waals surface area contributed by atoms with E-state index in [-0.39, 0.29) is 0 Å². The van der Waals surface area contributed by atoms with E-state index in [2.05, 4.69) is 0 Å². The van der Waals surface area contributed by atoms with Crippen molar-refractivity contribution in [3.8, 4) is 0 Å². The molecule has 1 aliphatic rings. The van der Waals surface area contributed by atoms with E-state index in [1.807, 2.05) is 0 Å². The molecule has 9 heavy (non-hydrogen) atoms. The average Bonchev–Trinajstić information content (AvgIpc) is 1.83. The maximum atomic E-state index is 8.89. The molecule has 0 saturated heterocycles. The van der Waals surface area contributed by atoms with Gasteiger partial charge in [-0.15, -0.1) is 0 Å². The largest absolute Gasteiger partial charge is 0.390 e. The molecule has 0 heterocycles. The van der Waals surface area contributed by atoms with Crippen molar-refractivity contribution in [3.63, 3.8) is 0 Å². The summed E-state index contributed by atoms with van der Waals surface area (Å²) in [5, 5.41) is 26.6. The normalized spacial score (nSPS) is 43.2. The summed E-state index contributed by atoms with van der Waals surface area (Å²) in [6, 6.07) is 0. The Labute approximate surface area is 53.3 Å². The standard InChI is InChI=1S/C6H10O3/c7-4-2-1-3-5(8)6(4)9/h1-2,4-9H,3H2. The lowest BCUT2D eigenvalue weighted by atomic mass is 9.99. The number of hydrogen-bond acceptors (Lipinski definition) is 3. The van der Waals surface area contributed by atoms with Gasteiger partial charge in [0.2, 0.25) is 0 Å². The Hall–Kier alpha value is -0.380. The summed E-state index contributed by atoms with van der Waals surface area (Å²) in [7, 11) is 0. The van der Waals surface area contributed by atoms with Crippen molar-refractivity contribution in [2.45, 2.75) is 24.7 Å². The Bertz CT molecular complexity index is 121. The topological polar surface area (TPSA) is 60.7 Å². The number of aliphatic hydroxyl groups excluding tert-OH is 3. The fourth-order valence-corrected chi connectivity index (χ4v) is 0.838. The van der Waals surface area contributed by atoms with Crippen LogP contribution >= 0.6 is 0 Å². The molecular weight excluding hydrogens is 120 g/mol.